The summed E-state index contributed by atoms with van der Waals surface area (Å²) >= 11 is 0. The van der Waals surface area contributed by atoms with Crippen LogP contribution in [0.1, 0.15) is 38.5 Å². The SMILES string of the molecule is C1C2CC2C2C3C1C3CC21CC12CC2. The summed E-state index contributed by atoms with van der Waals surface area (Å²) in [6, 6.07) is 0. The largest absolute Gasteiger partial charge is 0.0467 e. The average Bonchev–Trinajstić information content (AvgIpc) is 2.97. The van der Waals surface area contributed by atoms with E-state index < -0.39 is 0 Å². The summed E-state index contributed by atoms with van der Waals surface area (Å²) in [5, 5.41) is 0. The van der Waals surface area contributed by atoms with Crippen LogP contribution >= 0.6 is 0 Å². The molecule has 7 atom stereocenters. The molecule has 6 fully saturated rings. The molecule has 6 rings (SSSR count). The molecule has 0 aliphatic heterocycles. The molecule has 2 spiro atoms. The van der Waals surface area contributed by atoms with Gasteiger partial charge in [0, 0.05) is 0 Å². The van der Waals surface area contributed by atoms with Crippen molar-refractivity contribution in [1.82, 2.24) is 0 Å². The minimum absolute atomic E-state index is 0.985. The predicted molar refractivity (Wildman–Crippen MR) is 53.5 cm³/mol. The number of rotatable bonds is 0. The molecule has 0 radical (unpaired) electrons. The standard InChI is InChI=1S/C14H18/c1-2-13(1)6-14(13)5-10-9-4-7-3-8(7)12(14)11(9)10/h7-12H,1-6H2. The summed E-state index contributed by atoms with van der Waals surface area (Å²) in [4.78, 5) is 0. The second kappa shape index (κ2) is 1.44. The molecule has 6 aliphatic carbocycles. The zero-order chi connectivity index (χ0) is 8.71. The van der Waals surface area contributed by atoms with Crippen LogP contribution in [-0.4, -0.2) is 0 Å². The van der Waals surface area contributed by atoms with E-state index in [2.05, 4.69) is 0 Å². The van der Waals surface area contributed by atoms with Gasteiger partial charge in [-0.25, -0.2) is 0 Å². The molecule has 0 aromatic rings. The van der Waals surface area contributed by atoms with Crippen molar-refractivity contribution in [3.05, 3.63) is 0 Å². The van der Waals surface area contributed by atoms with E-state index in [4.69, 9.17) is 0 Å². The summed E-state index contributed by atoms with van der Waals surface area (Å²) in [5.41, 5.74) is 1.97. The quantitative estimate of drug-likeness (QED) is 0.545. The van der Waals surface area contributed by atoms with E-state index in [0.29, 0.717) is 0 Å². The molecule has 0 aromatic carbocycles. The monoisotopic (exact) mass is 186 g/mol. The molecule has 0 heterocycles. The Morgan fingerprint density at radius 2 is 1.79 bits per heavy atom. The minimum atomic E-state index is 0.985. The summed E-state index contributed by atoms with van der Waals surface area (Å²) in [6.45, 7) is 0. The Balaban J connectivity index is 1.53. The molecule has 0 bridgehead atoms. The molecular weight excluding hydrogens is 168 g/mol. The maximum Gasteiger partial charge on any atom is -0.0199 e. The average molecular weight is 186 g/mol. The van der Waals surface area contributed by atoms with Gasteiger partial charge >= 0.3 is 0 Å². The molecular formula is C14H18. The highest BCUT2D eigenvalue weighted by molar-refractivity contribution is 5.35. The Morgan fingerprint density at radius 1 is 0.929 bits per heavy atom. The van der Waals surface area contributed by atoms with Crippen LogP contribution in [0.5, 0.6) is 0 Å². The molecule has 7 unspecified atom stereocenters. The van der Waals surface area contributed by atoms with Gasteiger partial charge in [0.1, 0.15) is 0 Å². The van der Waals surface area contributed by atoms with E-state index in [1.807, 2.05) is 0 Å². The van der Waals surface area contributed by atoms with Gasteiger partial charge in [0.25, 0.3) is 0 Å². The molecule has 0 amide bonds. The van der Waals surface area contributed by atoms with Crippen molar-refractivity contribution in [3.63, 3.8) is 0 Å². The molecule has 0 aromatic heterocycles. The van der Waals surface area contributed by atoms with Gasteiger partial charge in [0.05, 0.1) is 0 Å². The van der Waals surface area contributed by atoms with Gasteiger partial charge < -0.3 is 0 Å². The van der Waals surface area contributed by atoms with Gasteiger partial charge in [-0.15, -0.1) is 0 Å². The van der Waals surface area contributed by atoms with Crippen molar-refractivity contribution in [2.75, 3.05) is 0 Å². The van der Waals surface area contributed by atoms with Gasteiger partial charge in [0.2, 0.25) is 0 Å². The smallest absolute Gasteiger partial charge is 0.0199 e. The molecule has 0 nitrogen and oxygen atoms in total. The van der Waals surface area contributed by atoms with Crippen LogP contribution < -0.4 is 0 Å². The first kappa shape index (κ1) is 6.55. The third kappa shape index (κ3) is 0.447. The fraction of sp³-hybridized carbons (Fsp3) is 1.00. The van der Waals surface area contributed by atoms with Crippen LogP contribution in [-0.2, 0) is 0 Å². The van der Waals surface area contributed by atoms with Crippen LogP contribution in [0.4, 0.5) is 0 Å². The Hall–Kier alpha value is 0. The normalized spacial score (nSPS) is 77.1. The van der Waals surface area contributed by atoms with Crippen LogP contribution in [0.3, 0.4) is 0 Å². The highest BCUT2D eigenvalue weighted by Gasteiger charge is 2.86. The van der Waals surface area contributed by atoms with Crippen molar-refractivity contribution < 1.29 is 0 Å². The minimum Gasteiger partial charge on any atom is -0.0467 e. The van der Waals surface area contributed by atoms with E-state index in [1.165, 1.54) is 35.5 Å². The fourth-order valence-electron chi connectivity index (χ4n) is 6.72. The number of hydrogen-bond acceptors (Lipinski definition) is 0. The highest BCUT2D eigenvalue weighted by atomic mass is 14.9. The first-order valence-corrected chi connectivity index (χ1v) is 6.85. The van der Waals surface area contributed by atoms with Crippen molar-refractivity contribution in [2.45, 2.75) is 38.5 Å². The lowest BCUT2D eigenvalue weighted by atomic mass is 9.75. The first-order chi connectivity index (χ1) is 6.85. The molecule has 14 heavy (non-hydrogen) atoms. The van der Waals surface area contributed by atoms with E-state index in [-0.39, 0.29) is 0 Å². The molecule has 0 N–H and O–H groups in total. The van der Waals surface area contributed by atoms with Crippen LogP contribution in [0.25, 0.3) is 0 Å². The van der Waals surface area contributed by atoms with Gasteiger partial charge in [-0.1, -0.05) is 0 Å². The second-order valence-electron chi connectivity index (χ2n) is 7.64. The van der Waals surface area contributed by atoms with E-state index in [1.54, 1.807) is 38.5 Å². The van der Waals surface area contributed by atoms with Crippen molar-refractivity contribution in [2.24, 2.45) is 46.3 Å². The van der Waals surface area contributed by atoms with Crippen molar-refractivity contribution in [1.29, 1.82) is 0 Å². The second-order valence-corrected chi connectivity index (χ2v) is 7.64. The van der Waals surface area contributed by atoms with Gasteiger partial charge in [-0.3, -0.25) is 0 Å². The lowest BCUT2D eigenvalue weighted by molar-refractivity contribution is 0.182. The molecule has 6 aliphatic rings. The zero-order valence-corrected chi connectivity index (χ0v) is 8.71. The Morgan fingerprint density at radius 3 is 2.57 bits per heavy atom. The predicted octanol–water partition coefficient (Wildman–Crippen LogP) is 3.08. The van der Waals surface area contributed by atoms with Gasteiger partial charge in [0.15, 0.2) is 0 Å². The molecule has 6 saturated carbocycles. The summed E-state index contributed by atoms with van der Waals surface area (Å²) in [5.74, 6) is 7.56. The Labute approximate surface area is 85.4 Å². The van der Waals surface area contributed by atoms with Crippen LogP contribution in [0, 0.1) is 46.3 Å². The summed E-state index contributed by atoms with van der Waals surface area (Å²) in [7, 11) is 0. The van der Waals surface area contributed by atoms with Crippen molar-refractivity contribution >= 4 is 0 Å². The number of hydrogen-bond donors (Lipinski definition) is 0. The maximum atomic E-state index is 1.70. The van der Waals surface area contributed by atoms with E-state index >= 15 is 0 Å². The van der Waals surface area contributed by atoms with Gasteiger partial charge in [-0.05, 0) is 84.9 Å². The van der Waals surface area contributed by atoms with E-state index in [0.717, 1.165) is 10.8 Å². The van der Waals surface area contributed by atoms with E-state index in [9.17, 15) is 0 Å². The first-order valence-electron chi connectivity index (χ1n) is 6.85. The third-order valence-corrected chi connectivity index (χ3v) is 7.50. The molecule has 0 saturated heterocycles. The molecule has 0 heteroatoms. The summed E-state index contributed by atoms with van der Waals surface area (Å²) in [6.07, 6.45) is 9.97. The maximum absolute atomic E-state index is 1.70. The Bertz CT molecular complexity index is 366. The summed E-state index contributed by atoms with van der Waals surface area (Å²) < 4.78 is 0. The van der Waals surface area contributed by atoms with Crippen LogP contribution in [0.2, 0.25) is 0 Å². The lowest BCUT2D eigenvalue weighted by Gasteiger charge is -2.29. The van der Waals surface area contributed by atoms with Crippen LogP contribution in [0.15, 0.2) is 0 Å². The van der Waals surface area contributed by atoms with Gasteiger partial charge in [-0.2, -0.15) is 0 Å². The highest BCUT2D eigenvalue weighted by Crippen LogP contribution is 2.94. The van der Waals surface area contributed by atoms with Crippen molar-refractivity contribution in [3.8, 4) is 0 Å². The number of fused-ring (bicyclic) bond motifs is 5. The lowest BCUT2D eigenvalue weighted by Crippen LogP contribution is -2.24. The molecule has 74 valence electrons. The zero-order valence-electron chi connectivity index (χ0n) is 8.71. The topological polar surface area (TPSA) is 0 Å². The fourth-order valence-corrected chi connectivity index (χ4v) is 6.72. The Kier molecular flexibility index (Phi) is 0.676. The third-order valence-electron chi connectivity index (χ3n) is 7.50.